The monoisotopic (exact) mass is 256 g/mol. The Morgan fingerprint density at radius 2 is 2.18 bits per heavy atom. The van der Waals surface area contributed by atoms with Crippen molar-refractivity contribution >= 4 is 17.9 Å². The third-order valence-corrected chi connectivity index (χ3v) is 3.17. The maximum Gasteiger partial charge on any atom is 0.153 e. The van der Waals surface area contributed by atoms with Crippen molar-refractivity contribution in [1.82, 2.24) is 0 Å². The van der Waals surface area contributed by atoms with Crippen LogP contribution in [0.4, 0.5) is 0 Å². The molecule has 1 aromatic rings. The van der Waals surface area contributed by atoms with E-state index >= 15 is 0 Å². The van der Waals surface area contributed by atoms with Gasteiger partial charge in [0.1, 0.15) is 12.4 Å². The fraction of sp³-hybridized carbons (Fsp3) is 0.462. The highest BCUT2D eigenvalue weighted by atomic mass is 35.5. The summed E-state index contributed by atoms with van der Waals surface area (Å²) in [4.78, 5) is 10.8. The highest BCUT2D eigenvalue weighted by Crippen LogP contribution is 2.29. The lowest BCUT2D eigenvalue weighted by Gasteiger charge is -2.27. The van der Waals surface area contributed by atoms with Crippen LogP contribution in [0.5, 0.6) is 5.75 Å². The van der Waals surface area contributed by atoms with E-state index in [1.807, 2.05) is 13.8 Å². The molecule has 17 heavy (non-hydrogen) atoms. The summed E-state index contributed by atoms with van der Waals surface area (Å²) < 4.78 is 5.47. The van der Waals surface area contributed by atoms with Gasteiger partial charge >= 0.3 is 0 Å². The summed E-state index contributed by atoms with van der Waals surface area (Å²) in [6.07, 6.45) is 0.686. The minimum absolute atomic E-state index is 0.0460. The van der Waals surface area contributed by atoms with Gasteiger partial charge in [0.25, 0.3) is 0 Å². The van der Waals surface area contributed by atoms with Crippen LogP contribution in [-0.2, 0) is 0 Å². The minimum Gasteiger partial charge on any atom is -0.488 e. The Bertz CT molecular complexity index is 400. The normalized spacial score (nSPS) is 14.5. The molecule has 1 rings (SSSR count). The number of carbonyl (C=O) groups excluding carboxylic acids is 1. The number of aliphatic hydroxyl groups is 1. The lowest BCUT2D eigenvalue weighted by atomic mass is 9.94. The van der Waals surface area contributed by atoms with Crippen LogP contribution in [0.15, 0.2) is 18.2 Å². The predicted octanol–water partition coefficient (Wildman–Crippen LogP) is 2.94. The van der Waals surface area contributed by atoms with Crippen molar-refractivity contribution in [2.45, 2.75) is 26.4 Å². The Morgan fingerprint density at radius 3 is 2.71 bits per heavy atom. The van der Waals surface area contributed by atoms with Crippen molar-refractivity contribution in [1.29, 1.82) is 0 Å². The molecule has 1 aromatic carbocycles. The number of ether oxygens (including phenoxy) is 1. The number of para-hydroxylation sites is 1. The van der Waals surface area contributed by atoms with Gasteiger partial charge in [0.15, 0.2) is 6.29 Å². The average molecular weight is 257 g/mol. The van der Waals surface area contributed by atoms with E-state index in [4.69, 9.17) is 16.3 Å². The number of carbonyl (C=O) groups is 1. The molecule has 3 nitrogen and oxygen atoms in total. The van der Waals surface area contributed by atoms with Gasteiger partial charge in [-0.15, -0.1) is 0 Å². The molecule has 0 fully saturated rings. The molecule has 0 aromatic heterocycles. The quantitative estimate of drug-likeness (QED) is 0.824. The average Bonchev–Trinajstić information content (AvgIpc) is 2.26. The molecule has 1 atom stereocenters. The molecule has 0 saturated heterocycles. The zero-order valence-corrected chi connectivity index (χ0v) is 11.0. The molecule has 4 heteroatoms. The van der Waals surface area contributed by atoms with Crippen molar-refractivity contribution in [2.24, 2.45) is 5.92 Å². The number of hydrogen-bond donors (Lipinski definition) is 1. The number of halogens is 1. The van der Waals surface area contributed by atoms with E-state index in [1.165, 1.54) is 0 Å². The van der Waals surface area contributed by atoms with E-state index in [9.17, 15) is 9.90 Å². The van der Waals surface area contributed by atoms with E-state index in [-0.39, 0.29) is 12.5 Å². The van der Waals surface area contributed by atoms with E-state index in [1.54, 1.807) is 25.1 Å². The Morgan fingerprint density at radius 1 is 1.53 bits per heavy atom. The summed E-state index contributed by atoms with van der Waals surface area (Å²) in [5, 5.41) is 10.4. The van der Waals surface area contributed by atoms with Crippen molar-refractivity contribution in [3.05, 3.63) is 28.8 Å². The summed E-state index contributed by atoms with van der Waals surface area (Å²) >= 11 is 5.95. The molecule has 0 saturated carbocycles. The zero-order chi connectivity index (χ0) is 13.1. The second-order valence-corrected chi connectivity index (χ2v) is 4.98. The van der Waals surface area contributed by atoms with Crippen LogP contribution < -0.4 is 4.74 Å². The first-order valence-corrected chi connectivity index (χ1v) is 5.85. The molecular formula is C13H17ClO3. The van der Waals surface area contributed by atoms with Crippen LogP contribution in [0.2, 0.25) is 5.02 Å². The van der Waals surface area contributed by atoms with Crippen molar-refractivity contribution in [3.8, 4) is 5.75 Å². The van der Waals surface area contributed by atoms with Crippen molar-refractivity contribution < 1.29 is 14.6 Å². The number of rotatable bonds is 5. The van der Waals surface area contributed by atoms with Gasteiger partial charge in [-0.1, -0.05) is 31.5 Å². The molecule has 0 spiro atoms. The molecule has 0 heterocycles. The summed E-state index contributed by atoms with van der Waals surface area (Å²) in [6, 6.07) is 4.95. The van der Waals surface area contributed by atoms with Gasteiger partial charge in [0.05, 0.1) is 16.2 Å². The lowest BCUT2D eigenvalue weighted by molar-refractivity contribution is -0.0267. The Kier molecular flexibility index (Phi) is 4.54. The van der Waals surface area contributed by atoms with Gasteiger partial charge in [-0.05, 0) is 25.0 Å². The van der Waals surface area contributed by atoms with Crippen LogP contribution in [0, 0.1) is 5.92 Å². The molecule has 0 aliphatic heterocycles. The predicted molar refractivity (Wildman–Crippen MR) is 67.8 cm³/mol. The van der Waals surface area contributed by atoms with E-state index in [2.05, 4.69) is 0 Å². The Labute approximate surface area is 106 Å². The van der Waals surface area contributed by atoms with Gasteiger partial charge in [0.2, 0.25) is 0 Å². The number of hydrogen-bond acceptors (Lipinski definition) is 3. The highest BCUT2D eigenvalue weighted by molar-refractivity contribution is 6.32. The Hall–Kier alpha value is -1.06. The summed E-state index contributed by atoms with van der Waals surface area (Å²) in [5.41, 5.74) is -0.573. The van der Waals surface area contributed by atoms with Crippen LogP contribution in [0.3, 0.4) is 0 Å². The third kappa shape index (κ3) is 3.45. The standard InChI is InChI=1S/C13H17ClO3/c1-9(2)13(3,16)8-17-12-10(7-15)5-4-6-11(12)14/h4-7,9,16H,8H2,1-3H3. The first-order chi connectivity index (χ1) is 7.88. The van der Waals surface area contributed by atoms with Gasteiger partial charge in [-0.3, -0.25) is 4.79 Å². The van der Waals surface area contributed by atoms with Crippen LogP contribution in [-0.4, -0.2) is 23.6 Å². The smallest absolute Gasteiger partial charge is 0.153 e. The third-order valence-electron chi connectivity index (χ3n) is 2.88. The SMILES string of the molecule is CC(C)C(C)(O)COc1c(Cl)cccc1C=O. The molecule has 0 aliphatic carbocycles. The van der Waals surface area contributed by atoms with Crippen molar-refractivity contribution in [2.75, 3.05) is 6.61 Å². The summed E-state index contributed by atoms with van der Waals surface area (Å²) in [6.45, 7) is 5.58. The second kappa shape index (κ2) is 5.52. The van der Waals surface area contributed by atoms with Crippen LogP contribution in [0.1, 0.15) is 31.1 Å². The maximum atomic E-state index is 10.8. The summed E-state index contributed by atoms with van der Waals surface area (Å²) in [5.74, 6) is 0.370. The molecule has 0 radical (unpaired) electrons. The number of aldehydes is 1. The van der Waals surface area contributed by atoms with E-state index < -0.39 is 5.60 Å². The van der Waals surface area contributed by atoms with E-state index in [0.717, 1.165) is 0 Å². The largest absolute Gasteiger partial charge is 0.488 e. The molecule has 1 unspecified atom stereocenters. The lowest BCUT2D eigenvalue weighted by Crippen LogP contribution is -2.38. The number of benzene rings is 1. The molecule has 0 aliphatic rings. The zero-order valence-electron chi connectivity index (χ0n) is 10.2. The first kappa shape index (κ1) is 14.0. The van der Waals surface area contributed by atoms with Crippen LogP contribution in [0.25, 0.3) is 0 Å². The first-order valence-electron chi connectivity index (χ1n) is 5.47. The van der Waals surface area contributed by atoms with E-state index in [0.29, 0.717) is 22.6 Å². The van der Waals surface area contributed by atoms with Crippen LogP contribution >= 0.6 is 11.6 Å². The fourth-order valence-electron chi connectivity index (χ4n) is 1.16. The molecule has 94 valence electrons. The molecule has 0 bridgehead atoms. The molecular weight excluding hydrogens is 240 g/mol. The van der Waals surface area contributed by atoms with Crippen molar-refractivity contribution in [3.63, 3.8) is 0 Å². The Balaban J connectivity index is 2.86. The molecule has 0 amide bonds. The van der Waals surface area contributed by atoms with Gasteiger partial charge in [-0.2, -0.15) is 0 Å². The maximum absolute atomic E-state index is 10.8. The fourth-order valence-corrected chi connectivity index (χ4v) is 1.39. The molecule has 1 N–H and O–H groups in total. The van der Waals surface area contributed by atoms with Gasteiger partial charge < -0.3 is 9.84 Å². The van der Waals surface area contributed by atoms with Gasteiger partial charge in [-0.25, -0.2) is 0 Å². The topological polar surface area (TPSA) is 46.5 Å². The second-order valence-electron chi connectivity index (χ2n) is 4.58. The minimum atomic E-state index is -0.959. The summed E-state index contributed by atoms with van der Waals surface area (Å²) in [7, 11) is 0. The highest BCUT2D eigenvalue weighted by Gasteiger charge is 2.26. The van der Waals surface area contributed by atoms with Gasteiger partial charge in [0, 0.05) is 0 Å².